The lowest BCUT2D eigenvalue weighted by Gasteiger charge is -2.29. The molecule has 0 radical (unpaired) electrons. The zero-order valence-electron chi connectivity index (χ0n) is 12.2. The maximum absolute atomic E-state index is 12.1. The average Bonchev–Trinajstić information content (AvgIpc) is 2.95. The van der Waals surface area contributed by atoms with Gasteiger partial charge in [-0.3, -0.25) is 0 Å². The molecule has 110 valence electrons. The van der Waals surface area contributed by atoms with Crippen LogP contribution in [-0.4, -0.2) is 48.7 Å². The summed E-state index contributed by atoms with van der Waals surface area (Å²) in [5.41, 5.74) is -0.429. The Morgan fingerprint density at radius 3 is 2.58 bits per heavy atom. The second-order valence-electron chi connectivity index (χ2n) is 6.22. The van der Waals surface area contributed by atoms with Crippen molar-refractivity contribution in [3.05, 3.63) is 0 Å². The lowest BCUT2D eigenvalue weighted by atomic mass is 10.1. The van der Waals surface area contributed by atoms with Gasteiger partial charge in [0.05, 0.1) is 13.2 Å². The van der Waals surface area contributed by atoms with Crippen LogP contribution in [0.4, 0.5) is 4.79 Å². The fourth-order valence-corrected chi connectivity index (χ4v) is 2.60. The minimum atomic E-state index is -0.429. The van der Waals surface area contributed by atoms with E-state index in [0.29, 0.717) is 13.2 Å². The molecule has 2 heterocycles. The lowest BCUT2D eigenvalue weighted by Crippen LogP contribution is -2.40. The molecule has 2 aliphatic rings. The summed E-state index contributed by atoms with van der Waals surface area (Å²) in [6.45, 7) is 7.87. The third kappa shape index (κ3) is 4.35. The molecule has 0 aromatic heterocycles. The average molecular weight is 271 g/mol. The van der Waals surface area contributed by atoms with Gasteiger partial charge in [-0.25, -0.2) is 4.79 Å². The molecule has 2 aliphatic heterocycles. The van der Waals surface area contributed by atoms with Crippen molar-refractivity contribution in [1.29, 1.82) is 0 Å². The quantitative estimate of drug-likeness (QED) is 0.791. The zero-order valence-corrected chi connectivity index (χ0v) is 12.2. The first-order chi connectivity index (χ1) is 8.96. The van der Waals surface area contributed by atoms with Crippen molar-refractivity contribution in [2.24, 2.45) is 0 Å². The third-order valence-corrected chi connectivity index (χ3v) is 3.43. The molecule has 2 rings (SSSR count). The van der Waals surface area contributed by atoms with Gasteiger partial charge in [-0.1, -0.05) is 0 Å². The predicted octanol–water partition coefficient (Wildman–Crippen LogP) is 2.54. The van der Waals surface area contributed by atoms with E-state index >= 15 is 0 Å². The Morgan fingerprint density at radius 2 is 1.95 bits per heavy atom. The SMILES string of the molecule is CC(C)(C)OC(=O)N1CCC[C@H]1CCC1OCCO1. The van der Waals surface area contributed by atoms with E-state index in [1.165, 1.54) is 0 Å². The molecule has 0 spiro atoms. The molecular formula is C14H25NO4. The van der Waals surface area contributed by atoms with E-state index in [-0.39, 0.29) is 18.4 Å². The molecule has 5 nitrogen and oxygen atoms in total. The minimum Gasteiger partial charge on any atom is -0.444 e. The molecule has 2 saturated heterocycles. The smallest absolute Gasteiger partial charge is 0.410 e. The first kappa shape index (κ1) is 14.6. The molecule has 19 heavy (non-hydrogen) atoms. The zero-order chi connectivity index (χ0) is 13.9. The maximum atomic E-state index is 12.1. The van der Waals surface area contributed by atoms with Crippen molar-refractivity contribution in [2.75, 3.05) is 19.8 Å². The summed E-state index contributed by atoms with van der Waals surface area (Å²) in [4.78, 5) is 14.0. The number of nitrogens with zero attached hydrogens (tertiary/aromatic N) is 1. The number of ether oxygens (including phenoxy) is 3. The Balaban J connectivity index is 1.80. The van der Waals surface area contributed by atoms with E-state index in [9.17, 15) is 4.79 Å². The third-order valence-electron chi connectivity index (χ3n) is 3.43. The normalized spacial score (nSPS) is 25.0. The van der Waals surface area contributed by atoms with Crippen LogP contribution >= 0.6 is 0 Å². The summed E-state index contributed by atoms with van der Waals surface area (Å²) < 4.78 is 16.3. The standard InChI is InChI=1S/C14H25NO4/c1-14(2,3)19-13(16)15-8-4-5-11(15)6-7-12-17-9-10-18-12/h11-12H,4-10H2,1-3H3/t11-/m0/s1. The number of hydrogen-bond acceptors (Lipinski definition) is 4. The van der Waals surface area contributed by atoms with Crippen molar-refractivity contribution in [3.8, 4) is 0 Å². The number of carbonyl (C=O) groups excluding carboxylic acids is 1. The molecule has 0 aromatic rings. The molecule has 1 atom stereocenters. The fraction of sp³-hybridized carbons (Fsp3) is 0.929. The molecule has 0 aromatic carbocycles. The van der Waals surface area contributed by atoms with Gasteiger partial charge in [0.25, 0.3) is 0 Å². The van der Waals surface area contributed by atoms with Crippen LogP contribution in [-0.2, 0) is 14.2 Å². The number of amides is 1. The molecule has 0 N–H and O–H groups in total. The number of carbonyl (C=O) groups is 1. The second-order valence-corrected chi connectivity index (χ2v) is 6.22. The van der Waals surface area contributed by atoms with Crippen LogP contribution in [0.2, 0.25) is 0 Å². The summed E-state index contributed by atoms with van der Waals surface area (Å²) in [6.07, 6.45) is 3.60. The Labute approximate surface area is 115 Å². The Kier molecular flexibility index (Phi) is 4.68. The summed E-state index contributed by atoms with van der Waals surface area (Å²) >= 11 is 0. The van der Waals surface area contributed by atoms with E-state index in [4.69, 9.17) is 14.2 Å². The van der Waals surface area contributed by atoms with Crippen molar-refractivity contribution < 1.29 is 19.0 Å². The lowest BCUT2D eigenvalue weighted by molar-refractivity contribution is -0.0514. The molecule has 0 bridgehead atoms. The number of hydrogen-bond donors (Lipinski definition) is 0. The van der Waals surface area contributed by atoms with Crippen LogP contribution in [0.3, 0.4) is 0 Å². The van der Waals surface area contributed by atoms with Crippen molar-refractivity contribution in [3.63, 3.8) is 0 Å². The van der Waals surface area contributed by atoms with Gasteiger partial charge in [-0.15, -0.1) is 0 Å². The van der Waals surface area contributed by atoms with E-state index in [2.05, 4.69) is 0 Å². The first-order valence-electron chi connectivity index (χ1n) is 7.18. The number of rotatable bonds is 3. The molecule has 0 unspecified atom stereocenters. The van der Waals surface area contributed by atoms with Crippen LogP contribution in [0.1, 0.15) is 46.5 Å². The predicted molar refractivity (Wildman–Crippen MR) is 70.9 cm³/mol. The Morgan fingerprint density at radius 1 is 1.26 bits per heavy atom. The van der Waals surface area contributed by atoms with E-state index in [0.717, 1.165) is 32.2 Å². The highest BCUT2D eigenvalue weighted by molar-refractivity contribution is 5.68. The van der Waals surface area contributed by atoms with Crippen LogP contribution in [0.15, 0.2) is 0 Å². The van der Waals surface area contributed by atoms with Gasteiger partial charge in [0.2, 0.25) is 0 Å². The topological polar surface area (TPSA) is 48.0 Å². The van der Waals surface area contributed by atoms with Gasteiger partial charge >= 0.3 is 6.09 Å². The maximum Gasteiger partial charge on any atom is 0.410 e. The summed E-state index contributed by atoms with van der Waals surface area (Å²) in [7, 11) is 0. The molecular weight excluding hydrogens is 246 g/mol. The largest absolute Gasteiger partial charge is 0.444 e. The van der Waals surface area contributed by atoms with Gasteiger partial charge in [0.1, 0.15) is 5.60 Å². The highest BCUT2D eigenvalue weighted by Gasteiger charge is 2.32. The van der Waals surface area contributed by atoms with E-state index in [1.54, 1.807) is 0 Å². The molecule has 0 aliphatic carbocycles. The fourth-order valence-electron chi connectivity index (χ4n) is 2.60. The minimum absolute atomic E-state index is 0.0823. The second kappa shape index (κ2) is 6.09. The molecule has 1 amide bonds. The van der Waals surface area contributed by atoms with Crippen LogP contribution in [0.25, 0.3) is 0 Å². The van der Waals surface area contributed by atoms with Crippen molar-refractivity contribution in [1.82, 2.24) is 4.90 Å². The van der Waals surface area contributed by atoms with E-state index < -0.39 is 5.60 Å². The van der Waals surface area contributed by atoms with Crippen LogP contribution in [0, 0.1) is 0 Å². The first-order valence-corrected chi connectivity index (χ1v) is 7.18. The van der Waals surface area contributed by atoms with Crippen LogP contribution < -0.4 is 0 Å². The molecule has 0 saturated carbocycles. The highest BCUT2D eigenvalue weighted by Crippen LogP contribution is 2.25. The van der Waals surface area contributed by atoms with Crippen molar-refractivity contribution >= 4 is 6.09 Å². The molecule has 2 fully saturated rings. The van der Waals surface area contributed by atoms with Gasteiger partial charge in [0, 0.05) is 19.0 Å². The van der Waals surface area contributed by atoms with Gasteiger partial charge in [-0.05, 0) is 40.0 Å². The number of likely N-dealkylation sites (tertiary alicyclic amines) is 1. The van der Waals surface area contributed by atoms with E-state index in [1.807, 2.05) is 25.7 Å². The summed E-state index contributed by atoms with van der Waals surface area (Å²) in [5, 5.41) is 0. The Bertz CT molecular complexity index is 307. The Hall–Kier alpha value is -0.810. The van der Waals surface area contributed by atoms with Crippen molar-refractivity contribution in [2.45, 2.75) is 64.4 Å². The summed E-state index contributed by atoms with van der Waals surface area (Å²) in [5.74, 6) is 0. The van der Waals surface area contributed by atoms with Gasteiger partial charge in [-0.2, -0.15) is 0 Å². The highest BCUT2D eigenvalue weighted by atomic mass is 16.7. The van der Waals surface area contributed by atoms with Gasteiger partial charge < -0.3 is 19.1 Å². The molecule has 5 heteroatoms. The summed E-state index contributed by atoms with van der Waals surface area (Å²) in [6, 6.07) is 0.266. The monoisotopic (exact) mass is 271 g/mol. The van der Waals surface area contributed by atoms with Crippen LogP contribution in [0.5, 0.6) is 0 Å². The van der Waals surface area contributed by atoms with Gasteiger partial charge in [0.15, 0.2) is 6.29 Å².